The van der Waals surface area contributed by atoms with E-state index in [1.54, 1.807) is 18.0 Å². The van der Waals surface area contributed by atoms with Crippen molar-refractivity contribution in [3.8, 4) is 5.75 Å². The van der Waals surface area contributed by atoms with Crippen LogP contribution in [0.3, 0.4) is 0 Å². The monoisotopic (exact) mass is 232 g/mol. The molecular formula is C12H16N4O. The third kappa shape index (κ3) is 2.30. The predicted octanol–water partition coefficient (Wildman–Crippen LogP) is 0.981. The zero-order valence-corrected chi connectivity index (χ0v) is 9.92. The Balaban J connectivity index is 2.32. The zero-order chi connectivity index (χ0) is 12.3. The Kier molecular flexibility index (Phi) is 3.41. The molecule has 0 saturated carbocycles. The van der Waals surface area contributed by atoms with Gasteiger partial charge in [0.1, 0.15) is 5.75 Å². The highest BCUT2D eigenvalue weighted by Crippen LogP contribution is 2.22. The van der Waals surface area contributed by atoms with E-state index in [4.69, 9.17) is 10.6 Å². The molecule has 0 fully saturated rings. The molecule has 5 heteroatoms. The smallest absolute Gasteiger partial charge is 0.118 e. The lowest BCUT2D eigenvalue weighted by atomic mass is 10.0. The molecule has 0 bridgehead atoms. The second-order valence-corrected chi connectivity index (χ2v) is 3.75. The number of hydrogen-bond acceptors (Lipinski definition) is 4. The highest BCUT2D eigenvalue weighted by atomic mass is 16.5. The van der Waals surface area contributed by atoms with Gasteiger partial charge in [0.15, 0.2) is 0 Å². The van der Waals surface area contributed by atoms with Gasteiger partial charge in [0.2, 0.25) is 0 Å². The molecule has 1 aromatic carbocycles. The van der Waals surface area contributed by atoms with E-state index < -0.39 is 0 Å². The Morgan fingerprint density at radius 2 is 2.00 bits per heavy atom. The predicted molar refractivity (Wildman–Crippen MR) is 65.4 cm³/mol. The minimum atomic E-state index is -0.0755. The fourth-order valence-corrected chi connectivity index (χ4v) is 1.82. The van der Waals surface area contributed by atoms with Gasteiger partial charge in [-0.25, -0.2) is 5.43 Å². The van der Waals surface area contributed by atoms with Crippen LogP contribution in [0.5, 0.6) is 5.75 Å². The molecule has 3 N–H and O–H groups in total. The van der Waals surface area contributed by atoms with Gasteiger partial charge < -0.3 is 4.74 Å². The Labute approximate surface area is 100 Å². The molecule has 0 amide bonds. The first kappa shape index (κ1) is 11.6. The number of nitrogens with one attached hydrogen (secondary N) is 1. The van der Waals surface area contributed by atoms with Crippen molar-refractivity contribution in [3.05, 3.63) is 47.8 Å². The molecule has 1 atom stereocenters. The van der Waals surface area contributed by atoms with Crippen molar-refractivity contribution in [2.24, 2.45) is 12.9 Å². The van der Waals surface area contributed by atoms with Gasteiger partial charge in [-0.2, -0.15) is 5.10 Å². The molecule has 0 aliphatic rings. The average molecular weight is 232 g/mol. The fourth-order valence-electron chi connectivity index (χ4n) is 1.82. The molecule has 1 aromatic heterocycles. The maximum absolute atomic E-state index is 5.61. The van der Waals surface area contributed by atoms with Gasteiger partial charge in [-0.3, -0.25) is 10.5 Å². The summed E-state index contributed by atoms with van der Waals surface area (Å²) in [5.74, 6) is 6.44. The van der Waals surface area contributed by atoms with E-state index in [9.17, 15) is 0 Å². The lowest BCUT2D eigenvalue weighted by Crippen LogP contribution is -2.30. The number of nitrogens with zero attached hydrogens (tertiary/aromatic N) is 2. The number of aryl methyl sites for hydroxylation is 1. The van der Waals surface area contributed by atoms with E-state index >= 15 is 0 Å². The van der Waals surface area contributed by atoms with Crippen LogP contribution < -0.4 is 16.0 Å². The number of methoxy groups -OCH3 is 1. The van der Waals surface area contributed by atoms with E-state index in [-0.39, 0.29) is 6.04 Å². The summed E-state index contributed by atoms with van der Waals surface area (Å²) in [7, 11) is 3.54. The molecular weight excluding hydrogens is 216 g/mol. The third-order valence-electron chi connectivity index (χ3n) is 2.77. The van der Waals surface area contributed by atoms with Crippen molar-refractivity contribution in [1.29, 1.82) is 0 Å². The van der Waals surface area contributed by atoms with Crippen molar-refractivity contribution in [2.75, 3.05) is 7.11 Å². The van der Waals surface area contributed by atoms with Gasteiger partial charge in [-0.15, -0.1) is 0 Å². The number of aromatic nitrogens is 2. The van der Waals surface area contributed by atoms with Crippen molar-refractivity contribution in [3.63, 3.8) is 0 Å². The normalized spacial score (nSPS) is 12.4. The summed E-state index contributed by atoms with van der Waals surface area (Å²) in [6, 6.07) is 9.65. The number of hydrogen-bond donors (Lipinski definition) is 2. The van der Waals surface area contributed by atoms with Crippen LogP contribution in [-0.4, -0.2) is 16.9 Å². The van der Waals surface area contributed by atoms with Crippen LogP contribution in [0.15, 0.2) is 36.5 Å². The average Bonchev–Trinajstić information content (AvgIpc) is 2.78. The quantitative estimate of drug-likeness (QED) is 0.609. The second-order valence-electron chi connectivity index (χ2n) is 3.75. The van der Waals surface area contributed by atoms with Gasteiger partial charge in [0, 0.05) is 13.2 Å². The van der Waals surface area contributed by atoms with Gasteiger partial charge in [0.25, 0.3) is 0 Å². The topological polar surface area (TPSA) is 65.1 Å². The van der Waals surface area contributed by atoms with E-state index in [1.807, 2.05) is 37.4 Å². The molecule has 90 valence electrons. The minimum absolute atomic E-state index is 0.0755. The number of nitrogens with two attached hydrogens (primary N) is 1. The van der Waals surface area contributed by atoms with Gasteiger partial charge >= 0.3 is 0 Å². The molecule has 0 saturated heterocycles. The molecule has 5 nitrogen and oxygen atoms in total. The van der Waals surface area contributed by atoms with Crippen LogP contribution in [0.25, 0.3) is 0 Å². The summed E-state index contributed by atoms with van der Waals surface area (Å²) in [5.41, 5.74) is 4.88. The molecule has 0 aliphatic heterocycles. The fraction of sp³-hybridized carbons (Fsp3) is 0.250. The lowest BCUT2D eigenvalue weighted by molar-refractivity contribution is 0.414. The van der Waals surface area contributed by atoms with Crippen LogP contribution >= 0.6 is 0 Å². The summed E-state index contributed by atoms with van der Waals surface area (Å²) in [6.45, 7) is 0. The molecule has 2 aromatic rings. The molecule has 0 spiro atoms. The molecule has 2 rings (SSSR count). The van der Waals surface area contributed by atoms with Crippen LogP contribution in [0.4, 0.5) is 0 Å². The first-order valence-corrected chi connectivity index (χ1v) is 5.34. The zero-order valence-electron chi connectivity index (χ0n) is 9.92. The third-order valence-corrected chi connectivity index (χ3v) is 2.77. The maximum Gasteiger partial charge on any atom is 0.118 e. The van der Waals surface area contributed by atoms with Gasteiger partial charge in [0.05, 0.1) is 18.8 Å². The Morgan fingerprint density at radius 1 is 1.29 bits per heavy atom. The Morgan fingerprint density at radius 3 is 2.47 bits per heavy atom. The van der Waals surface area contributed by atoms with E-state index in [0.717, 1.165) is 17.0 Å². The first-order valence-electron chi connectivity index (χ1n) is 5.34. The van der Waals surface area contributed by atoms with Crippen LogP contribution in [-0.2, 0) is 7.05 Å². The first-order chi connectivity index (χ1) is 8.26. The van der Waals surface area contributed by atoms with Crippen molar-refractivity contribution in [1.82, 2.24) is 15.2 Å². The molecule has 0 radical (unpaired) electrons. The van der Waals surface area contributed by atoms with Crippen LogP contribution in [0.1, 0.15) is 17.3 Å². The Bertz CT molecular complexity index is 478. The van der Waals surface area contributed by atoms with Crippen molar-refractivity contribution >= 4 is 0 Å². The van der Waals surface area contributed by atoms with Crippen LogP contribution in [0, 0.1) is 0 Å². The summed E-state index contributed by atoms with van der Waals surface area (Å²) < 4.78 is 6.93. The van der Waals surface area contributed by atoms with Crippen LogP contribution in [0.2, 0.25) is 0 Å². The van der Waals surface area contributed by atoms with E-state index in [0.29, 0.717) is 0 Å². The van der Waals surface area contributed by atoms with Gasteiger partial charge in [-0.1, -0.05) is 12.1 Å². The minimum Gasteiger partial charge on any atom is -0.497 e. The van der Waals surface area contributed by atoms with E-state index in [1.165, 1.54) is 0 Å². The summed E-state index contributed by atoms with van der Waals surface area (Å²) in [4.78, 5) is 0. The standard InChI is InChI=1S/C12H16N4O/c1-16-11(7-8-14-16)12(15-13)9-3-5-10(17-2)6-4-9/h3-8,12,15H,13H2,1-2H3. The molecule has 1 heterocycles. The van der Waals surface area contributed by atoms with E-state index in [2.05, 4.69) is 10.5 Å². The van der Waals surface area contributed by atoms with Gasteiger partial charge in [-0.05, 0) is 23.8 Å². The molecule has 1 unspecified atom stereocenters. The Hall–Kier alpha value is -1.85. The van der Waals surface area contributed by atoms with Crippen molar-refractivity contribution in [2.45, 2.75) is 6.04 Å². The summed E-state index contributed by atoms with van der Waals surface area (Å²) >= 11 is 0. The SMILES string of the molecule is COc1ccc(C(NN)c2ccnn2C)cc1. The molecule has 0 aliphatic carbocycles. The second kappa shape index (κ2) is 4.99. The molecule has 17 heavy (non-hydrogen) atoms. The number of benzene rings is 1. The summed E-state index contributed by atoms with van der Waals surface area (Å²) in [5, 5.41) is 4.14. The van der Waals surface area contributed by atoms with Crippen molar-refractivity contribution < 1.29 is 4.74 Å². The number of rotatable bonds is 4. The highest BCUT2D eigenvalue weighted by Gasteiger charge is 2.15. The lowest BCUT2D eigenvalue weighted by Gasteiger charge is -2.16. The highest BCUT2D eigenvalue weighted by molar-refractivity contribution is 5.33. The maximum atomic E-state index is 5.61. The number of hydrazine groups is 1. The number of ether oxygens (including phenoxy) is 1. The summed E-state index contributed by atoms with van der Waals surface area (Å²) in [6.07, 6.45) is 1.75. The largest absolute Gasteiger partial charge is 0.497 e.